The molecule has 0 fully saturated rings. The van der Waals surface area contributed by atoms with Gasteiger partial charge >= 0.3 is 5.97 Å². The summed E-state index contributed by atoms with van der Waals surface area (Å²) >= 11 is 0. The molecule has 212 valence electrons. The number of hydrogen-bond acceptors (Lipinski definition) is 7. The van der Waals surface area contributed by atoms with Crippen molar-refractivity contribution in [2.24, 2.45) is 0 Å². The predicted octanol–water partition coefficient (Wildman–Crippen LogP) is 4.54. The SMILES string of the molecule is COC(=O)Cc1cccc(CC(C)(C)NC[C@H](CC(C)(C)[Si](C)(C)O)c2ccc(O)c(NS(C)(=O)=O)c2)c1. The van der Waals surface area contributed by atoms with E-state index in [1.165, 1.54) is 13.2 Å². The van der Waals surface area contributed by atoms with E-state index in [2.05, 4.69) is 37.7 Å². The molecule has 1 atom stereocenters. The third-order valence-corrected chi connectivity index (χ3v) is 11.3. The van der Waals surface area contributed by atoms with E-state index in [-0.39, 0.29) is 40.3 Å². The number of ether oxygens (including phenoxy) is 1. The Morgan fingerprint density at radius 3 is 2.29 bits per heavy atom. The van der Waals surface area contributed by atoms with Crippen LogP contribution in [0.1, 0.15) is 56.7 Å². The number of phenols is 1. The van der Waals surface area contributed by atoms with Crippen LogP contribution in [0.4, 0.5) is 5.69 Å². The maximum Gasteiger partial charge on any atom is 0.309 e. The highest BCUT2D eigenvalue weighted by molar-refractivity contribution is 7.92. The summed E-state index contributed by atoms with van der Waals surface area (Å²) in [6, 6.07) is 12.9. The van der Waals surface area contributed by atoms with Crippen molar-refractivity contribution in [3.63, 3.8) is 0 Å². The molecule has 0 spiro atoms. The Balaban J connectivity index is 2.31. The van der Waals surface area contributed by atoms with E-state index in [4.69, 9.17) is 4.74 Å². The third kappa shape index (κ3) is 9.72. The van der Waals surface area contributed by atoms with E-state index >= 15 is 0 Å². The molecular formula is C28H44N2O6SSi. The van der Waals surface area contributed by atoms with Crippen LogP contribution in [0.3, 0.4) is 0 Å². The molecule has 0 aromatic heterocycles. The van der Waals surface area contributed by atoms with E-state index < -0.39 is 18.3 Å². The molecule has 8 nitrogen and oxygen atoms in total. The van der Waals surface area contributed by atoms with Gasteiger partial charge in [0.1, 0.15) is 5.75 Å². The van der Waals surface area contributed by atoms with Crippen LogP contribution in [0, 0.1) is 0 Å². The van der Waals surface area contributed by atoms with Crippen molar-refractivity contribution in [3.05, 3.63) is 59.2 Å². The number of aromatic hydroxyl groups is 1. The predicted molar refractivity (Wildman–Crippen MR) is 156 cm³/mol. The second-order valence-electron chi connectivity index (χ2n) is 12.0. The van der Waals surface area contributed by atoms with Crippen molar-refractivity contribution < 1.29 is 27.9 Å². The Morgan fingerprint density at radius 2 is 1.71 bits per heavy atom. The zero-order chi connectivity index (χ0) is 28.9. The van der Waals surface area contributed by atoms with E-state index in [0.29, 0.717) is 13.0 Å². The van der Waals surface area contributed by atoms with Gasteiger partial charge in [0, 0.05) is 12.1 Å². The molecule has 0 heterocycles. The number of carbonyl (C=O) groups is 1. The second-order valence-corrected chi connectivity index (χ2v) is 18.2. The second kappa shape index (κ2) is 12.2. The van der Waals surface area contributed by atoms with Crippen LogP contribution in [0.25, 0.3) is 0 Å². The highest BCUT2D eigenvalue weighted by Gasteiger charge is 2.40. The Hall–Kier alpha value is -2.40. The van der Waals surface area contributed by atoms with Gasteiger partial charge in [-0.05, 0) is 79.6 Å². The van der Waals surface area contributed by atoms with Gasteiger partial charge in [-0.3, -0.25) is 9.52 Å². The quantitative estimate of drug-likeness (QED) is 0.160. The first-order valence-corrected chi connectivity index (χ1v) is 17.6. The molecule has 0 amide bonds. The Labute approximate surface area is 229 Å². The van der Waals surface area contributed by atoms with Crippen molar-refractivity contribution in [2.75, 3.05) is 24.6 Å². The zero-order valence-electron chi connectivity index (χ0n) is 23.9. The summed E-state index contributed by atoms with van der Waals surface area (Å²) < 4.78 is 30.9. The number of methoxy groups -OCH3 is 1. The molecule has 2 rings (SSSR count). The number of nitrogens with one attached hydrogen (secondary N) is 2. The van der Waals surface area contributed by atoms with E-state index in [1.54, 1.807) is 12.1 Å². The molecule has 0 bridgehead atoms. The van der Waals surface area contributed by atoms with Gasteiger partial charge in [-0.25, -0.2) is 8.42 Å². The zero-order valence-corrected chi connectivity index (χ0v) is 25.7. The molecule has 38 heavy (non-hydrogen) atoms. The number of carbonyl (C=O) groups excluding carboxylic acids is 1. The fraction of sp³-hybridized carbons (Fsp3) is 0.536. The average molecular weight is 565 g/mol. The molecule has 2 aromatic carbocycles. The van der Waals surface area contributed by atoms with E-state index in [0.717, 1.165) is 29.4 Å². The highest BCUT2D eigenvalue weighted by Crippen LogP contribution is 2.45. The standard InChI is InChI=1S/C28H44N2O6SSi/c1-27(2,17-21-11-9-10-20(14-21)15-26(32)36-5)29-19-23(18-28(3,4)38(7,8)35)22-12-13-25(31)24(16-22)30-37(6,33)34/h9-14,16,23,29-31,35H,15,17-19H2,1-8H3/t23-/m0/s1. The van der Waals surface area contributed by atoms with Gasteiger partial charge in [-0.15, -0.1) is 0 Å². The van der Waals surface area contributed by atoms with Crippen molar-refractivity contribution in [3.8, 4) is 5.75 Å². The fourth-order valence-corrected chi connectivity index (χ4v) is 5.63. The molecule has 0 aliphatic carbocycles. The molecule has 4 N–H and O–H groups in total. The summed E-state index contributed by atoms with van der Waals surface area (Å²) in [6.07, 6.45) is 2.66. The molecule has 0 saturated carbocycles. The lowest BCUT2D eigenvalue weighted by molar-refractivity contribution is -0.139. The maximum atomic E-state index is 11.8. The third-order valence-electron chi connectivity index (χ3n) is 7.24. The number of esters is 1. The Bertz CT molecular complexity index is 1220. The monoisotopic (exact) mass is 564 g/mol. The lowest BCUT2D eigenvalue weighted by Gasteiger charge is -2.39. The van der Waals surface area contributed by atoms with Crippen LogP contribution in [-0.2, 0) is 32.4 Å². The average Bonchev–Trinajstić information content (AvgIpc) is 2.76. The van der Waals surface area contributed by atoms with Crippen LogP contribution in [0.15, 0.2) is 42.5 Å². The van der Waals surface area contributed by atoms with E-state index in [1.807, 2.05) is 37.4 Å². The molecule has 0 saturated heterocycles. The molecule has 0 radical (unpaired) electrons. The summed E-state index contributed by atoms with van der Waals surface area (Å²) in [4.78, 5) is 22.7. The summed E-state index contributed by atoms with van der Waals surface area (Å²) in [5, 5.41) is 13.6. The van der Waals surface area contributed by atoms with Crippen molar-refractivity contribution in [1.29, 1.82) is 0 Å². The van der Waals surface area contributed by atoms with Gasteiger partial charge in [-0.2, -0.15) is 0 Å². The lowest BCUT2D eigenvalue weighted by Crippen LogP contribution is -2.45. The number of benzene rings is 2. The number of phenolic OH excluding ortho intramolecular Hbond substituents is 1. The van der Waals surface area contributed by atoms with Gasteiger partial charge in [0.15, 0.2) is 8.32 Å². The first kappa shape index (κ1) is 31.8. The number of sulfonamides is 1. The summed E-state index contributed by atoms with van der Waals surface area (Å²) in [5.41, 5.74) is 2.69. The Morgan fingerprint density at radius 1 is 1.08 bits per heavy atom. The van der Waals surface area contributed by atoms with Crippen LogP contribution >= 0.6 is 0 Å². The number of rotatable bonds is 13. The van der Waals surface area contributed by atoms with Gasteiger partial charge in [0.05, 0.1) is 25.5 Å². The molecular weight excluding hydrogens is 520 g/mol. The van der Waals surface area contributed by atoms with Gasteiger partial charge in [0.25, 0.3) is 0 Å². The van der Waals surface area contributed by atoms with Crippen molar-refractivity contribution in [2.45, 2.75) is 76.5 Å². The largest absolute Gasteiger partial charge is 0.506 e. The first-order chi connectivity index (χ1) is 17.3. The molecule has 0 unspecified atom stereocenters. The summed E-state index contributed by atoms with van der Waals surface area (Å²) in [7, 11) is -4.72. The maximum absolute atomic E-state index is 11.8. The molecule has 0 aliphatic rings. The minimum Gasteiger partial charge on any atom is -0.506 e. The molecule has 2 aromatic rings. The van der Waals surface area contributed by atoms with E-state index in [9.17, 15) is 23.1 Å². The number of hydrogen-bond donors (Lipinski definition) is 4. The molecule has 0 aliphatic heterocycles. The summed E-state index contributed by atoms with van der Waals surface area (Å²) in [6.45, 7) is 12.8. The smallest absolute Gasteiger partial charge is 0.309 e. The normalized spacial score (nSPS) is 13.7. The van der Waals surface area contributed by atoms with Gasteiger partial charge in [-0.1, -0.05) is 44.2 Å². The highest BCUT2D eigenvalue weighted by atomic mass is 32.2. The van der Waals surface area contributed by atoms with Gasteiger partial charge < -0.3 is 20.0 Å². The lowest BCUT2D eigenvalue weighted by atomic mass is 9.87. The minimum atomic E-state index is -3.57. The minimum absolute atomic E-state index is 0.0606. The topological polar surface area (TPSA) is 125 Å². The molecule has 10 heteroatoms. The van der Waals surface area contributed by atoms with Gasteiger partial charge in [0.2, 0.25) is 10.0 Å². The fourth-order valence-electron chi connectivity index (χ4n) is 4.32. The van der Waals surface area contributed by atoms with Crippen LogP contribution in [0.2, 0.25) is 18.1 Å². The summed E-state index contributed by atoms with van der Waals surface area (Å²) in [5.74, 6) is -0.484. The van der Waals surface area contributed by atoms with Crippen molar-refractivity contribution in [1.82, 2.24) is 5.32 Å². The Kier molecular flexibility index (Phi) is 10.2. The van der Waals surface area contributed by atoms with Crippen LogP contribution in [-0.4, -0.2) is 58.1 Å². The van der Waals surface area contributed by atoms with Crippen molar-refractivity contribution >= 4 is 30.0 Å². The first-order valence-electron chi connectivity index (χ1n) is 12.7. The van der Waals surface area contributed by atoms with Crippen LogP contribution < -0.4 is 10.0 Å². The van der Waals surface area contributed by atoms with Crippen LogP contribution in [0.5, 0.6) is 5.75 Å². The number of anilines is 1.